The van der Waals surface area contributed by atoms with Crippen LogP contribution in [-0.2, 0) is 14.3 Å². The lowest BCUT2D eigenvalue weighted by molar-refractivity contribution is -0.276. The van der Waals surface area contributed by atoms with Crippen molar-refractivity contribution < 1.29 is 32.5 Å². The van der Waals surface area contributed by atoms with Crippen LogP contribution in [0.15, 0.2) is 0 Å². The standard InChI is InChI=1S/C6H7F3O4/c7-6(8,9)4-3(5(10)11)12-1-2-13-4/h3-4H,1-2H2,(H,10,11)/t3-,4+/m1/s1. The van der Waals surface area contributed by atoms with Gasteiger partial charge in [-0.3, -0.25) is 0 Å². The predicted molar refractivity (Wildman–Crippen MR) is 33.2 cm³/mol. The average Bonchev–Trinajstić information content (AvgIpc) is 2.03. The van der Waals surface area contributed by atoms with Gasteiger partial charge in [-0.05, 0) is 0 Å². The summed E-state index contributed by atoms with van der Waals surface area (Å²) in [5.41, 5.74) is 0. The zero-order chi connectivity index (χ0) is 10.1. The monoisotopic (exact) mass is 200 g/mol. The number of aliphatic carboxylic acids is 1. The van der Waals surface area contributed by atoms with Crippen molar-refractivity contribution in [2.24, 2.45) is 0 Å². The van der Waals surface area contributed by atoms with Crippen molar-refractivity contribution in [1.82, 2.24) is 0 Å². The molecule has 1 saturated heterocycles. The fourth-order valence-electron chi connectivity index (χ4n) is 0.992. The summed E-state index contributed by atoms with van der Waals surface area (Å²) in [6, 6.07) is 0. The van der Waals surface area contributed by atoms with E-state index < -0.39 is 24.4 Å². The van der Waals surface area contributed by atoms with Crippen molar-refractivity contribution in [2.75, 3.05) is 13.2 Å². The number of rotatable bonds is 1. The number of halogens is 3. The second-order valence-corrected chi connectivity index (χ2v) is 2.46. The molecule has 76 valence electrons. The molecule has 7 heteroatoms. The third-order valence-corrected chi connectivity index (χ3v) is 1.52. The predicted octanol–water partition coefficient (Wildman–Crippen LogP) is 0.417. The molecule has 2 atom stereocenters. The summed E-state index contributed by atoms with van der Waals surface area (Å²) < 4.78 is 45.0. The Labute approximate surface area is 71.2 Å². The third-order valence-electron chi connectivity index (χ3n) is 1.52. The zero-order valence-electron chi connectivity index (χ0n) is 6.37. The maximum atomic E-state index is 12.1. The molecule has 0 amide bonds. The second kappa shape index (κ2) is 3.51. The van der Waals surface area contributed by atoms with Crippen molar-refractivity contribution in [3.05, 3.63) is 0 Å². The smallest absolute Gasteiger partial charge is 0.417 e. The van der Waals surface area contributed by atoms with E-state index in [-0.39, 0.29) is 13.2 Å². The largest absolute Gasteiger partial charge is 0.479 e. The summed E-state index contributed by atoms with van der Waals surface area (Å²) in [7, 11) is 0. The van der Waals surface area contributed by atoms with Gasteiger partial charge in [0.1, 0.15) is 0 Å². The van der Waals surface area contributed by atoms with Gasteiger partial charge in [0.05, 0.1) is 13.2 Å². The van der Waals surface area contributed by atoms with Crippen LogP contribution in [0.3, 0.4) is 0 Å². The van der Waals surface area contributed by atoms with Crippen LogP contribution in [0.5, 0.6) is 0 Å². The van der Waals surface area contributed by atoms with Gasteiger partial charge in [-0.2, -0.15) is 13.2 Å². The number of ether oxygens (including phenoxy) is 2. The highest BCUT2D eigenvalue weighted by molar-refractivity contribution is 5.73. The Balaban J connectivity index is 2.73. The molecule has 1 aliphatic rings. The number of hydrogen-bond donors (Lipinski definition) is 1. The van der Waals surface area contributed by atoms with Crippen molar-refractivity contribution in [3.8, 4) is 0 Å². The molecule has 0 bridgehead atoms. The van der Waals surface area contributed by atoms with Crippen molar-refractivity contribution in [2.45, 2.75) is 18.4 Å². The van der Waals surface area contributed by atoms with Crippen LogP contribution in [0.4, 0.5) is 13.2 Å². The summed E-state index contributed by atoms with van der Waals surface area (Å²) in [6.07, 6.45) is -9.02. The Kier molecular flexibility index (Phi) is 2.77. The average molecular weight is 200 g/mol. The van der Waals surface area contributed by atoms with Gasteiger partial charge in [-0.25, -0.2) is 4.79 Å². The quantitative estimate of drug-likeness (QED) is 0.666. The highest BCUT2D eigenvalue weighted by Gasteiger charge is 2.51. The molecule has 0 radical (unpaired) electrons. The number of alkyl halides is 3. The SMILES string of the molecule is O=C(O)[C@@H]1OCCO[C@@H]1C(F)(F)F. The van der Waals surface area contributed by atoms with E-state index in [9.17, 15) is 18.0 Å². The Morgan fingerprint density at radius 1 is 1.31 bits per heavy atom. The van der Waals surface area contributed by atoms with Gasteiger partial charge in [-0.15, -0.1) is 0 Å². The van der Waals surface area contributed by atoms with Gasteiger partial charge in [-0.1, -0.05) is 0 Å². The molecular weight excluding hydrogens is 193 g/mol. The van der Waals surface area contributed by atoms with Crippen LogP contribution in [0.2, 0.25) is 0 Å². The molecule has 0 unspecified atom stereocenters. The summed E-state index contributed by atoms with van der Waals surface area (Å²) in [5, 5.41) is 8.37. The molecule has 0 aromatic carbocycles. The van der Waals surface area contributed by atoms with E-state index in [1.807, 2.05) is 0 Å². The summed E-state index contributed by atoms with van der Waals surface area (Å²) in [5.74, 6) is -1.66. The molecule has 1 aliphatic heterocycles. The topological polar surface area (TPSA) is 55.8 Å². The molecule has 0 saturated carbocycles. The van der Waals surface area contributed by atoms with Gasteiger partial charge in [0.15, 0.2) is 12.2 Å². The second-order valence-electron chi connectivity index (χ2n) is 2.46. The molecule has 0 spiro atoms. The molecule has 0 aromatic rings. The van der Waals surface area contributed by atoms with Crippen LogP contribution >= 0.6 is 0 Å². The van der Waals surface area contributed by atoms with E-state index in [1.165, 1.54) is 0 Å². The highest BCUT2D eigenvalue weighted by Crippen LogP contribution is 2.28. The molecule has 13 heavy (non-hydrogen) atoms. The molecule has 0 aromatic heterocycles. The van der Waals surface area contributed by atoms with Gasteiger partial charge >= 0.3 is 12.1 Å². The van der Waals surface area contributed by atoms with Crippen LogP contribution < -0.4 is 0 Å². The maximum Gasteiger partial charge on any atom is 0.417 e. The van der Waals surface area contributed by atoms with Crippen molar-refractivity contribution in [3.63, 3.8) is 0 Å². The van der Waals surface area contributed by atoms with Crippen molar-refractivity contribution >= 4 is 5.97 Å². The number of carbonyl (C=O) groups is 1. The summed E-state index contributed by atoms with van der Waals surface area (Å²) in [6.45, 7) is -0.377. The molecule has 4 nitrogen and oxygen atoms in total. The van der Waals surface area contributed by atoms with E-state index in [4.69, 9.17) is 5.11 Å². The fraction of sp³-hybridized carbons (Fsp3) is 0.833. The lowest BCUT2D eigenvalue weighted by Crippen LogP contribution is -2.51. The van der Waals surface area contributed by atoms with E-state index in [2.05, 4.69) is 9.47 Å². The van der Waals surface area contributed by atoms with Gasteiger partial charge in [0.2, 0.25) is 0 Å². The Bertz CT molecular complexity index is 203. The first-order valence-corrected chi connectivity index (χ1v) is 3.45. The molecule has 1 rings (SSSR count). The zero-order valence-corrected chi connectivity index (χ0v) is 6.37. The Morgan fingerprint density at radius 2 is 1.85 bits per heavy atom. The minimum Gasteiger partial charge on any atom is -0.479 e. The summed E-state index contributed by atoms with van der Waals surface area (Å²) in [4.78, 5) is 10.3. The first kappa shape index (κ1) is 10.3. The minimum atomic E-state index is -4.70. The molecule has 1 fully saturated rings. The molecule has 0 aliphatic carbocycles. The van der Waals surface area contributed by atoms with E-state index >= 15 is 0 Å². The lowest BCUT2D eigenvalue weighted by atomic mass is 10.2. The van der Waals surface area contributed by atoms with Gasteiger partial charge in [0, 0.05) is 0 Å². The van der Waals surface area contributed by atoms with Gasteiger partial charge in [0.25, 0.3) is 0 Å². The number of hydrogen-bond acceptors (Lipinski definition) is 3. The normalized spacial score (nSPS) is 30.1. The van der Waals surface area contributed by atoms with Crippen molar-refractivity contribution in [1.29, 1.82) is 0 Å². The maximum absolute atomic E-state index is 12.1. The first-order valence-electron chi connectivity index (χ1n) is 3.45. The third kappa shape index (κ3) is 2.31. The Morgan fingerprint density at radius 3 is 2.23 bits per heavy atom. The Hall–Kier alpha value is -0.820. The summed E-state index contributed by atoms with van der Waals surface area (Å²) >= 11 is 0. The highest BCUT2D eigenvalue weighted by atomic mass is 19.4. The molecule has 1 heterocycles. The van der Waals surface area contributed by atoms with E-state index in [1.54, 1.807) is 0 Å². The van der Waals surface area contributed by atoms with E-state index in [0.717, 1.165) is 0 Å². The van der Waals surface area contributed by atoms with Crippen LogP contribution in [-0.4, -0.2) is 42.7 Å². The van der Waals surface area contributed by atoms with Crippen LogP contribution in [0, 0.1) is 0 Å². The van der Waals surface area contributed by atoms with Gasteiger partial charge < -0.3 is 14.6 Å². The number of carboxylic acids is 1. The molecule has 1 N–H and O–H groups in total. The number of carboxylic acid groups (broad SMARTS) is 1. The molecular formula is C6H7F3O4. The van der Waals surface area contributed by atoms with Crippen LogP contribution in [0.1, 0.15) is 0 Å². The van der Waals surface area contributed by atoms with E-state index in [0.29, 0.717) is 0 Å². The first-order chi connectivity index (χ1) is 5.93. The van der Waals surface area contributed by atoms with Crippen LogP contribution in [0.25, 0.3) is 0 Å². The minimum absolute atomic E-state index is 0.135. The fourth-order valence-corrected chi connectivity index (χ4v) is 0.992. The lowest BCUT2D eigenvalue weighted by Gasteiger charge is -2.30.